The number of nitrogens with two attached hydrogens (primary N) is 1. The van der Waals surface area contributed by atoms with E-state index < -0.39 is 36.2 Å². The molecular formula is C20H27F3N2O8S. The SMILES string of the molecule is C[C@H](N)C(=S)N[C@@H](CC(=O)OCCOCCOCc1ccccc1)C(=O)O.O=C(O)C(F)(F)F. The van der Waals surface area contributed by atoms with Gasteiger partial charge in [-0.1, -0.05) is 42.5 Å². The molecule has 34 heavy (non-hydrogen) atoms. The van der Waals surface area contributed by atoms with Gasteiger partial charge in [0.1, 0.15) is 12.6 Å². The fourth-order valence-electron chi connectivity index (χ4n) is 1.93. The molecule has 5 N–H and O–H groups in total. The topological polar surface area (TPSA) is 157 Å². The lowest BCUT2D eigenvalue weighted by atomic mass is 10.2. The van der Waals surface area contributed by atoms with Crippen molar-refractivity contribution in [1.29, 1.82) is 0 Å². The second kappa shape index (κ2) is 16.7. The molecule has 0 amide bonds. The highest BCUT2D eigenvalue weighted by Gasteiger charge is 2.38. The molecule has 2 atom stereocenters. The van der Waals surface area contributed by atoms with E-state index in [-0.39, 0.29) is 24.6 Å². The van der Waals surface area contributed by atoms with Crippen LogP contribution in [-0.4, -0.2) is 77.8 Å². The monoisotopic (exact) mass is 512 g/mol. The summed E-state index contributed by atoms with van der Waals surface area (Å²) in [5, 5.41) is 18.8. The Labute approximate surface area is 199 Å². The summed E-state index contributed by atoms with van der Waals surface area (Å²) in [5.41, 5.74) is 6.64. The Morgan fingerprint density at radius 1 is 1.06 bits per heavy atom. The van der Waals surface area contributed by atoms with E-state index in [2.05, 4.69) is 5.32 Å². The quantitative estimate of drug-likeness (QED) is 0.172. The third-order valence-corrected chi connectivity index (χ3v) is 4.11. The molecule has 10 nitrogen and oxygen atoms in total. The minimum Gasteiger partial charge on any atom is -0.480 e. The van der Waals surface area contributed by atoms with Crippen LogP contribution in [-0.2, 0) is 35.2 Å². The van der Waals surface area contributed by atoms with Gasteiger partial charge in [-0.05, 0) is 12.5 Å². The van der Waals surface area contributed by atoms with Gasteiger partial charge in [-0.2, -0.15) is 13.2 Å². The first-order valence-corrected chi connectivity index (χ1v) is 10.2. The van der Waals surface area contributed by atoms with Crippen LogP contribution in [0.1, 0.15) is 18.9 Å². The molecule has 0 fully saturated rings. The van der Waals surface area contributed by atoms with Gasteiger partial charge in [0.2, 0.25) is 0 Å². The van der Waals surface area contributed by atoms with Gasteiger partial charge in [-0.25, -0.2) is 9.59 Å². The third-order valence-electron chi connectivity index (χ3n) is 3.62. The number of ether oxygens (including phenoxy) is 3. The zero-order valence-electron chi connectivity index (χ0n) is 18.2. The van der Waals surface area contributed by atoms with Crippen LogP contribution >= 0.6 is 12.2 Å². The van der Waals surface area contributed by atoms with Gasteiger partial charge in [0, 0.05) is 0 Å². The summed E-state index contributed by atoms with van der Waals surface area (Å²) < 4.78 is 47.4. The Morgan fingerprint density at radius 2 is 1.59 bits per heavy atom. The zero-order valence-corrected chi connectivity index (χ0v) is 19.1. The first-order chi connectivity index (χ1) is 15.8. The van der Waals surface area contributed by atoms with Crippen LogP contribution in [0.5, 0.6) is 0 Å². The third kappa shape index (κ3) is 15.9. The molecule has 0 unspecified atom stereocenters. The first-order valence-electron chi connectivity index (χ1n) is 9.78. The van der Waals surface area contributed by atoms with Crippen LogP contribution in [0, 0.1) is 0 Å². The zero-order chi connectivity index (χ0) is 26.1. The Morgan fingerprint density at radius 3 is 2.09 bits per heavy atom. The lowest BCUT2D eigenvalue weighted by Crippen LogP contribution is -2.47. The van der Waals surface area contributed by atoms with Crippen molar-refractivity contribution in [1.82, 2.24) is 5.32 Å². The number of carbonyl (C=O) groups is 3. The van der Waals surface area contributed by atoms with Crippen LogP contribution < -0.4 is 11.1 Å². The highest BCUT2D eigenvalue weighted by Crippen LogP contribution is 2.13. The molecule has 1 aromatic rings. The van der Waals surface area contributed by atoms with E-state index in [1.807, 2.05) is 30.3 Å². The van der Waals surface area contributed by atoms with Gasteiger partial charge in [0.05, 0.1) is 43.9 Å². The number of esters is 1. The number of carbonyl (C=O) groups excluding carboxylic acids is 1. The average Bonchev–Trinajstić information content (AvgIpc) is 2.75. The largest absolute Gasteiger partial charge is 0.490 e. The molecule has 0 aliphatic heterocycles. The number of aliphatic carboxylic acids is 2. The van der Waals surface area contributed by atoms with Crippen molar-refractivity contribution in [3.63, 3.8) is 0 Å². The van der Waals surface area contributed by atoms with E-state index >= 15 is 0 Å². The fraction of sp³-hybridized carbons (Fsp3) is 0.500. The molecule has 0 bridgehead atoms. The van der Waals surface area contributed by atoms with E-state index in [1.165, 1.54) is 0 Å². The molecule has 0 aromatic heterocycles. The molecule has 1 aromatic carbocycles. The molecule has 192 valence electrons. The molecule has 0 saturated heterocycles. The van der Waals surface area contributed by atoms with E-state index in [0.717, 1.165) is 5.56 Å². The van der Waals surface area contributed by atoms with Crippen molar-refractivity contribution < 1.29 is 52.0 Å². The van der Waals surface area contributed by atoms with Gasteiger partial charge in [-0.15, -0.1) is 0 Å². The Bertz CT molecular complexity index is 779. The number of nitrogens with one attached hydrogen (secondary N) is 1. The van der Waals surface area contributed by atoms with Crippen molar-refractivity contribution in [3.8, 4) is 0 Å². The van der Waals surface area contributed by atoms with Crippen molar-refractivity contribution >= 4 is 35.1 Å². The van der Waals surface area contributed by atoms with E-state index in [4.69, 9.17) is 47.2 Å². The Balaban J connectivity index is 0.00000135. The molecule has 0 aliphatic rings. The smallest absolute Gasteiger partial charge is 0.480 e. The van der Waals surface area contributed by atoms with Gasteiger partial charge >= 0.3 is 24.1 Å². The molecular weight excluding hydrogens is 485 g/mol. The van der Waals surface area contributed by atoms with Crippen LogP contribution in [0.4, 0.5) is 13.2 Å². The van der Waals surface area contributed by atoms with Gasteiger partial charge < -0.3 is 35.5 Å². The number of alkyl halides is 3. The average molecular weight is 513 g/mol. The normalized spacial score (nSPS) is 12.5. The highest BCUT2D eigenvalue weighted by atomic mass is 32.1. The van der Waals surface area contributed by atoms with Crippen LogP contribution in [0.25, 0.3) is 0 Å². The maximum atomic E-state index is 11.7. The molecule has 0 heterocycles. The maximum Gasteiger partial charge on any atom is 0.490 e. The summed E-state index contributed by atoms with van der Waals surface area (Å²) in [6.45, 7) is 3.14. The van der Waals surface area contributed by atoms with Crippen molar-refractivity contribution in [2.45, 2.75) is 38.2 Å². The van der Waals surface area contributed by atoms with E-state index in [1.54, 1.807) is 6.92 Å². The van der Waals surface area contributed by atoms with Crippen LogP contribution in [0.3, 0.4) is 0 Å². The number of halogens is 3. The van der Waals surface area contributed by atoms with Crippen molar-refractivity contribution in [2.75, 3.05) is 26.4 Å². The van der Waals surface area contributed by atoms with Gasteiger partial charge in [-0.3, -0.25) is 4.79 Å². The summed E-state index contributed by atoms with van der Waals surface area (Å²) in [6, 6.07) is 8.09. The standard InChI is InChI=1S/C18H26N2O6S.C2HF3O2/c1-13(19)17(27)20-15(18(22)23)11-16(21)26-10-9-24-7-8-25-12-14-5-3-2-4-6-14;3-2(4,5)1(6)7/h2-6,13,15H,7-12,19H2,1H3,(H,20,27)(H,22,23);(H,6,7)/t13-,15-;/m0./s1. The second-order valence-electron chi connectivity index (χ2n) is 6.57. The minimum absolute atomic E-state index is 0.0294. The lowest BCUT2D eigenvalue weighted by molar-refractivity contribution is -0.192. The summed E-state index contributed by atoms with van der Waals surface area (Å²) in [6.07, 6.45) is -5.44. The summed E-state index contributed by atoms with van der Waals surface area (Å²) >= 11 is 4.93. The molecule has 14 heteroatoms. The number of hydrogen-bond donors (Lipinski definition) is 4. The number of hydrogen-bond acceptors (Lipinski definition) is 8. The number of rotatable bonds is 13. The van der Waals surface area contributed by atoms with Crippen LogP contribution in [0.2, 0.25) is 0 Å². The minimum atomic E-state index is -5.08. The summed E-state index contributed by atoms with van der Waals surface area (Å²) in [4.78, 5) is 32.0. The predicted molar refractivity (Wildman–Crippen MR) is 117 cm³/mol. The fourth-order valence-corrected chi connectivity index (χ4v) is 2.07. The molecule has 0 spiro atoms. The lowest BCUT2D eigenvalue weighted by Gasteiger charge is -2.17. The molecule has 0 saturated carbocycles. The van der Waals surface area contributed by atoms with E-state index in [9.17, 15) is 22.8 Å². The maximum absolute atomic E-state index is 11.7. The number of carboxylic acids is 2. The Hall–Kier alpha value is -2.81. The molecule has 1 rings (SSSR count). The number of thiocarbonyl (C=S) groups is 1. The van der Waals surface area contributed by atoms with Crippen molar-refractivity contribution in [2.24, 2.45) is 5.73 Å². The van der Waals surface area contributed by atoms with Crippen molar-refractivity contribution in [3.05, 3.63) is 35.9 Å². The number of carboxylic acid groups (broad SMARTS) is 2. The van der Waals surface area contributed by atoms with Gasteiger partial charge in [0.15, 0.2) is 0 Å². The molecule has 0 aliphatic carbocycles. The molecule has 0 radical (unpaired) electrons. The number of benzene rings is 1. The van der Waals surface area contributed by atoms with E-state index in [0.29, 0.717) is 19.8 Å². The first kappa shape index (κ1) is 31.2. The summed E-state index contributed by atoms with van der Waals surface area (Å²) in [7, 11) is 0. The van der Waals surface area contributed by atoms with Crippen LogP contribution in [0.15, 0.2) is 30.3 Å². The van der Waals surface area contributed by atoms with Gasteiger partial charge in [0.25, 0.3) is 0 Å². The highest BCUT2D eigenvalue weighted by molar-refractivity contribution is 7.80. The Kier molecular flexibility index (Phi) is 15.4. The predicted octanol–water partition coefficient (Wildman–Crippen LogP) is 1.50. The second-order valence-corrected chi connectivity index (χ2v) is 7.01. The summed E-state index contributed by atoms with van der Waals surface area (Å²) in [5.74, 6) is -4.62.